The first-order valence-electron chi connectivity index (χ1n) is 4.60. The van der Waals surface area contributed by atoms with Crippen LogP contribution >= 0.6 is 0 Å². The van der Waals surface area contributed by atoms with E-state index in [1.165, 1.54) is 4.68 Å². The number of hydrogen-bond acceptors (Lipinski definition) is 2. The summed E-state index contributed by atoms with van der Waals surface area (Å²) in [7, 11) is 0. The summed E-state index contributed by atoms with van der Waals surface area (Å²) >= 11 is 0. The maximum atomic E-state index is 12.2. The first kappa shape index (κ1) is 12.0. The van der Waals surface area contributed by atoms with Gasteiger partial charge in [0.2, 0.25) is 0 Å². The van der Waals surface area contributed by atoms with Crippen LogP contribution in [0.1, 0.15) is 31.9 Å². The molecule has 0 aliphatic heterocycles. The van der Waals surface area contributed by atoms with Gasteiger partial charge in [-0.2, -0.15) is 18.3 Å². The van der Waals surface area contributed by atoms with E-state index < -0.39 is 17.8 Å². The van der Waals surface area contributed by atoms with Gasteiger partial charge in [0.1, 0.15) is 0 Å². The molecule has 86 valence electrons. The van der Waals surface area contributed by atoms with Crippen molar-refractivity contribution in [3.8, 4) is 0 Å². The summed E-state index contributed by atoms with van der Waals surface area (Å²) in [6, 6.07) is -0.249. The SMILES string of the molecule is CC(O)CC(C)n1cc(C(F)(F)F)cn1. The molecule has 0 aromatic carbocycles. The molecule has 1 aromatic heterocycles. The van der Waals surface area contributed by atoms with E-state index in [1.807, 2.05) is 0 Å². The normalized spacial score (nSPS) is 16.4. The van der Waals surface area contributed by atoms with Gasteiger partial charge >= 0.3 is 6.18 Å². The van der Waals surface area contributed by atoms with E-state index in [0.29, 0.717) is 6.42 Å². The van der Waals surface area contributed by atoms with Gasteiger partial charge < -0.3 is 5.11 Å². The van der Waals surface area contributed by atoms with Crippen molar-refractivity contribution in [3.63, 3.8) is 0 Å². The third kappa shape index (κ3) is 3.23. The molecule has 3 nitrogen and oxygen atoms in total. The Balaban J connectivity index is 2.76. The number of rotatable bonds is 3. The third-order valence-electron chi connectivity index (χ3n) is 2.06. The highest BCUT2D eigenvalue weighted by Gasteiger charge is 2.32. The third-order valence-corrected chi connectivity index (χ3v) is 2.06. The minimum Gasteiger partial charge on any atom is -0.393 e. The van der Waals surface area contributed by atoms with E-state index in [2.05, 4.69) is 5.10 Å². The summed E-state index contributed by atoms with van der Waals surface area (Å²) in [5, 5.41) is 12.7. The Morgan fingerprint density at radius 1 is 1.47 bits per heavy atom. The van der Waals surface area contributed by atoms with Crippen molar-refractivity contribution in [1.29, 1.82) is 0 Å². The van der Waals surface area contributed by atoms with Crippen LogP contribution in [-0.2, 0) is 6.18 Å². The van der Waals surface area contributed by atoms with Crippen LogP contribution in [0.25, 0.3) is 0 Å². The van der Waals surface area contributed by atoms with Crippen LogP contribution in [-0.4, -0.2) is 21.0 Å². The molecule has 0 saturated heterocycles. The average Bonchev–Trinajstić information content (AvgIpc) is 2.48. The monoisotopic (exact) mass is 222 g/mol. The topological polar surface area (TPSA) is 38.0 Å². The molecule has 0 radical (unpaired) electrons. The highest BCUT2D eigenvalue weighted by molar-refractivity contribution is 5.08. The van der Waals surface area contributed by atoms with Gasteiger partial charge in [-0.25, -0.2) is 0 Å². The van der Waals surface area contributed by atoms with Crippen LogP contribution in [0.2, 0.25) is 0 Å². The Labute approximate surface area is 85.5 Å². The van der Waals surface area contributed by atoms with Crippen molar-refractivity contribution in [1.82, 2.24) is 9.78 Å². The standard InChI is InChI=1S/C9H13F3N2O/c1-6(3-7(2)15)14-5-8(4-13-14)9(10,11)12/h4-7,15H,3H2,1-2H3. The highest BCUT2D eigenvalue weighted by Crippen LogP contribution is 2.29. The fourth-order valence-electron chi connectivity index (χ4n) is 1.33. The number of aliphatic hydroxyl groups excluding tert-OH is 1. The Hall–Kier alpha value is -1.04. The lowest BCUT2D eigenvalue weighted by molar-refractivity contribution is -0.137. The van der Waals surface area contributed by atoms with Gasteiger partial charge in [0.15, 0.2) is 0 Å². The Morgan fingerprint density at radius 2 is 2.07 bits per heavy atom. The zero-order chi connectivity index (χ0) is 11.6. The van der Waals surface area contributed by atoms with Crippen molar-refractivity contribution >= 4 is 0 Å². The Kier molecular flexibility index (Phi) is 3.38. The zero-order valence-corrected chi connectivity index (χ0v) is 8.49. The summed E-state index contributed by atoms with van der Waals surface area (Å²) < 4.78 is 37.9. The van der Waals surface area contributed by atoms with Gasteiger partial charge in [-0.05, 0) is 20.3 Å². The Bertz CT molecular complexity index is 319. The number of aromatic nitrogens is 2. The number of hydrogen-bond donors (Lipinski definition) is 1. The number of aliphatic hydroxyl groups is 1. The molecule has 2 atom stereocenters. The van der Waals surface area contributed by atoms with Crippen LogP contribution in [0.15, 0.2) is 12.4 Å². The quantitative estimate of drug-likeness (QED) is 0.851. The first-order chi connectivity index (χ1) is 6.80. The predicted molar refractivity (Wildman–Crippen MR) is 48.2 cm³/mol. The average molecular weight is 222 g/mol. The molecule has 2 unspecified atom stereocenters. The molecular weight excluding hydrogens is 209 g/mol. The molecule has 0 aliphatic rings. The van der Waals surface area contributed by atoms with E-state index in [9.17, 15) is 13.2 Å². The minimum absolute atomic E-state index is 0.249. The van der Waals surface area contributed by atoms with Gasteiger partial charge in [0.25, 0.3) is 0 Å². The van der Waals surface area contributed by atoms with E-state index in [1.54, 1.807) is 13.8 Å². The fourth-order valence-corrected chi connectivity index (χ4v) is 1.33. The van der Waals surface area contributed by atoms with Crippen molar-refractivity contribution in [3.05, 3.63) is 18.0 Å². The van der Waals surface area contributed by atoms with E-state index >= 15 is 0 Å². The largest absolute Gasteiger partial charge is 0.419 e. The lowest BCUT2D eigenvalue weighted by atomic mass is 10.2. The summed E-state index contributed by atoms with van der Waals surface area (Å²) in [5.74, 6) is 0. The van der Waals surface area contributed by atoms with Crippen molar-refractivity contribution in [2.75, 3.05) is 0 Å². The van der Waals surface area contributed by atoms with Crippen molar-refractivity contribution in [2.45, 2.75) is 38.6 Å². The maximum Gasteiger partial charge on any atom is 0.419 e. The van der Waals surface area contributed by atoms with Gasteiger partial charge in [0.05, 0.1) is 23.9 Å². The van der Waals surface area contributed by atoms with Crippen molar-refractivity contribution in [2.24, 2.45) is 0 Å². The van der Waals surface area contributed by atoms with Crippen LogP contribution in [0, 0.1) is 0 Å². The predicted octanol–water partition coefficient (Wildman–Crippen LogP) is 2.23. The second kappa shape index (κ2) is 4.22. The minimum atomic E-state index is -4.36. The van der Waals surface area contributed by atoms with Gasteiger partial charge in [-0.3, -0.25) is 4.68 Å². The lowest BCUT2D eigenvalue weighted by Gasteiger charge is -2.13. The molecular formula is C9H13F3N2O. The molecule has 0 fully saturated rings. The molecule has 1 N–H and O–H groups in total. The van der Waals surface area contributed by atoms with Gasteiger partial charge in [-0.15, -0.1) is 0 Å². The van der Waals surface area contributed by atoms with E-state index in [0.717, 1.165) is 12.4 Å². The molecule has 1 rings (SSSR count). The molecule has 0 amide bonds. The van der Waals surface area contributed by atoms with Crippen LogP contribution < -0.4 is 0 Å². The van der Waals surface area contributed by atoms with Gasteiger partial charge in [-0.1, -0.05) is 0 Å². The van der Waals surface area contributed by atoms with E-state index in [4.69, 9.17) is 5.11 Å². The molecule has 0 aliphatic carbocycles. The van der Waals surface area contributed by atoms with Crippen molar-refractivity contribution < 1.29 is 18.3 Å². The molecule has 6 heteroatoms. The maximum absolute atomic E-state index is 12.2. The van der Waals surface area contributed by atoms with Gasteiger partial charge in [0, 0.05) is 6.20 Å². The highest BCUT2D eigenvalue weighted by atomic mass is 19.4. The summed E-state index contributed by atoms with van der Waals surface area (Å²) in [4.78, 5) is 0. The number of alkyl halides is 3. The second-order valence-corrected chi connectivity index (χ2v) is 3.64. The fraction of sp³-hybridized carbons (Fsp3) is 0.667. The van der Waals surface area contributed by atoms with E-state index in [-0.39, 0.29) is 6.04 Å². The lowest BCUT2D eigenvalue weighted by Crippen LogP contribution is -2.12. The first-order valence-corrected chi connectivity index (χ1v) is 4.60. The van der Waals surface area contributed by atoms with Crippen LogP contribution in [0.4, 0.5) is 13.2 Å². The smallest absolute Gasteiger partial charge is 0.393 e. The molecule has 0 spiro atoms. The second-order valence-electron chi connectivity index (χ2n) is 3.64. The molecule has 1 aromatic rings. The number of nitrogens with zero attached hydrogens (tertiary/aromatic N) is 2. The Morgan fingerprint density at radius 3 is 2.47 bits per heavy atom. The molecule has 15 heavy (non-hydrogen) atoms. The summed E-state index contributed by atoms with van der Waals surface area (Å²) in [6.45, 7) is 3.30. The number of halogens is 3. The molecule has 0 bridgehead atoms. The summed E-state index contributed by atoms with van der Waals surface area (Å²) in [6.07, 6.45) is -2.80. The molecule has 1 heterocycles. The van der Waals surface area contributed by atoms with Crippen LogP contribution in [0.3, 0.4) is 0 Å². The summed E-state index contributed by atoms with van der Waals surface area (Å²) in [5.41, 5.74) is -0.764. The molecule has 0 saturated carbocycles. The van der Waals surface area contributed by atoms with Crippen LogP contribution in [0.5, 0.6) is 0 Å². The zero-order valence-electron chi connectivity index (χ0n) is 8.49.